The van der Waals surface area contributed by atoms with Gasteiger partial charge in [0.2, 0.25) is 0 Å². The Morgan fingerprint density at radius 1 is 0.958 bits per heavy atom. The largest absolute Gasteiger partial charge is 0.340 e. The number of amides is 2. The van der Waals surface area contributed by atoms with Crippen LogP contribution in [0.5, 0.6) is 0 Å². The molecular formula is C17H11F2NO4. The van der Waals surface area contributed by atoms with Gasteiger partial charge in [0.15, 0.2) is 0 Å². The molecular weight excluding hydrogens is 320 g/mol. The number of benzene rings is 2. The highest BCUT2D eigenvalue weighted by atomic mass is 19.1. The van der Waals surface area contributed by atoms with E-state index in [4.69, 9.17) is 4.84 Å². The van der Waals surface area contributed by atoms with Crippen LogP contribution in [0, 0.1) is 11.6 Å². The third-order valence-corrected chi connectivity index (χ3v) is 3.72. The lowest BCUT2D eigenvalue weighted by Crippen LogP contribution is -2.34. The normalized spacial score (nSPS) is 14.5. The number of imide groups is 1. The van der Waals surface area contributed by atoms with E-state index in [0.717, 1.165) is 18.2 Å². The quantitative estimate of drug-likeness (QED) is 0.811. The number of halogens is 2. The SMILES string of the molecule is CC(C(=O)ON1C(=O)c2ccccc2C1=O)c1c(F)cccc1F. The molecule has 0 bridgehead atoms. The lowest BCUT2D eigenvalue weighted by Gasteiger charge is -2.17. The number of hydrogen-bond acceptors (Lipinski definition) is 4. The Morgan fingerprint density at radius 2 is 1.46 bits per heavy atom. The zero-order valence-electron chi connectivity index (χ0n) is 12.5. The summed E-state index contributed by atoms with van der Waals surface area (Å²) in [4.78, 5) is 41.2. The minimum Gasteiger partial charge on any atom is -0.329 e. The van der Waals surface area contributed by atoms with Gasteiger partial charge in [0.05, 0.1) is 17.0 Å². The van der Waals surface area contributed by atoms with Gasteiger partial charge in [-0.05, 0) is 31.2 Å². The van der Waals surface area contributed by atoms with Crippen molar-refractivity contribution in [3.63, 3.8) is 0 Å². The second-order valence-electron chi connectivity index (χ2n) is 5.22. The van der Waals surface area contributed by atoms with Crippen LogP contribution < -0.4 is 0 Å². The zero-order valence-corrected chi connectivity index (χ0v) is 12.5. The number of rotatable bonds is 3. The lowest BCUT2D eigenvalue weighted by molar-refractivity contribution is -0.170. The van der Waals surface area contributed by atoms with Gasteiger partial charge in [-0.3, -0.25) is 9.59 Å². The fourth-order valence-electron chi connectivity index (χ4n) is 2.46. The smallest absolute Gasteiger partial charge is 0.329 e. The fraction of sp³-hybridized carbons (Fsp3) is 0.118. The molecule has 1 aliphatic heterocycles. The van der Waals surface area contributed by atoms with Crippen molar-refractivity contribution in [1.29, 1.82) is 0 Å². The molecule has 1 atom stereocenters. The van der Waals surface area contributed by atoms with E-state index in [1.807, 2.05) is 0 Å². The van der Waals surface area contributed by atoms with Gasteiger partial charge in [-0.1, -0.05) is 23.3 Å². The maximum absolute atomic E-state index is 13.7. The highest BCUT2D eigenvalue weighted by Gasteiger charge is 2.39. The summed E-state index contributed by atoms with van der Waals surface area (Å²) in [6.45, 7) is 1.22. The van der Waals surface area contributed by atoms with E-state index in [1.54, 1.807) is 12.1 Å². The van der Waals surface area contributed by atoms with Gasteiger partial charge in [-0.15, -0.1) is 0 Å². The van der Waals surface area contributed by atoms with Crippen molar-refractivity contribution in [1.82, 2.24) is 5.06 Å². The molecule has 24 heavy (non-hydrogen) atoms. The summed E-state index contributed by atoms with van der Waals surface area (Å²) in [6, 6.07) is 9.14. The Balaban J connectivity index is 1.84. The number of nitrogens with zero attached hydrogens (tertiary/aromatic N) is 1. The van der Waals surface area contributed by atoms with E-state index < -0.39 is 40.9 Å². The van der Waals surface area contributed by atoms with E-state index in [2.05, 4.69) is 0 Å². The maximum atomic E-state index is 13.7. The van der Waals surface area contributed by atoms with Crippen LogP contribution in [0.25, 0.3) is 0 Å². The average molecular weight is 331 g/mol. The number of hydrogen-bond donors (Lipinski definition) is 0. The van der Waals surface area contributed by atoms with Crippen LogP contribution in [-0.4, -0.2) is 22.8 Å². The summed E-state index contributed by atoms with van der Waals surface area (Å²) in [5, 5.41) is 0.308. The van der Waals surface area contributed by atoms with Crippen LogP contribution >= 0.6 is 0 Å². The average Bonchev–Trinajstić information content (AvgIpc) is 2.80. The predicted octanol–water partition coefficient (Wildman–Crippen LogP) is 2.82. The third-order valence-electron chi connectivity index (χ3n) is 3.72. The number of hydroxylamine groups is 2. The summed E-state index contributed by atoms with van der Waals surface area (Å²) < 4.78 is 27.5. The number of carbonyl (C=O) groups excluding carboxylic acids is 3. The van der Waals surface area contributed by atoms with E-state index in [0.29, 0.717) is 5.06 Å². The van der Waals surface area contributed by atoms with Crippen LogP contribution in [0.3, 0.4) is 0 Å². The van der Waals surface area contributed by atoms with Crippen molar-refractivity contribution in [2.75, 3.05) is 0 Å². The molecule has 0 fully saturated rings. The van der Waals surface area contributed by atoms with Gasteiger partial charge in [0.25, 0.3) is 11.8 Å². The molecule has 2 aromatic rings. The fourth-order valence-corrected chi connectivity index (χ4v) is 2.46. The number of carbonyl (C=O) groups is 3. The highest BCUT2D eigenvalue weighted by Crippen LogP contribution is 2.27. The summed E-state index contributed by atoms with van der Waals surface area (Å²) in [5.74, 6) is -5.89. The Hall–Kier alpha value is -3.09. The van der Waals surface area contributed by atoms with Crippen molar-refractivity contribution in [2.45, 2.75) is 12.8 Å². The van der Waals surface area contributed by atoms with Gasteiger partial charge in [-0.25, -0.2) is 13.6 Å². The molecule has 1 unspecified atom stereocenters. The molecule has 2 aromatic carbocycles. The summed E-state index contributed by atoms with van der Waals surface area (Å²) in [6.07, 6.45) is 0. The first-order valence-electron chi connectivity index (χ1n) is 7.05. The first-order valence-corrected chi connectivity index (χ1v) is 7.05. The van der Waals surface area contributed by atoms with Crippen molar-refractivity contribution in [3.05, 3.63) is 70.8 Å². The third kappa shape index (κ3) is 2.44. The van der Waals surface area contributed by atoms with Gasteiger partial charge < -0.3 is 4.84 Å². The van der Waals surface area contributed by atoms with Gasteiger partial charge in [-0.2, -0.15) is 0 Å². The first kappa shape index (κ1) is 15.8. The van der Waals surface area contributed by atoms with E-state index >= 15 is 0 Å². The molecule has 0 radical (unpaired) electrons. The molecule has 122 valence electrons. The monoisotopic (exact) mass is 331 g/mol. The first-order chi connectivity index (χ1) is 11.4. The Morgan fingerprint density at radius 3 is 1.96 bits per heavy atom. The lowest BCUT2D eigenvalue weighted by atomic mass is 10.0. The minimum atomic E-state index is -1.34. The molecule has 3 rings (SSSR count). The van der Waals surface area contributed by atoms with E-state index in [-0.39, 0.29) is 11.1 Å². The van der Waals surface area contributed by atoms with Gasteiger partial charge in [0, 0.05) is 5.56 Å². The van der Waals surface area contributed by atoms with Crippen molar-refractivity contribution in [3.8, 4) is 0 Å². The maximum Gasteiger partial charge on any atom is 0.340 e. The molecule has 0 saturated heterocycles. The van der Waals surface area contributed by atoms with Crippen LogP contribution in [0.4, 0.5) is 8.78 Å². The zero-order chi connectivity index (χ0) is 17.4. The molecule has 7 heteroatoms. The summed E-state index contributed by atoms with van der Waals surface area (Å²) in [5.41, 5.74) is -0.292. The van der Waals surface area contributed by atoms with Crippen LogP contribution in [-0.2, 0) is 9.63 Å². The van der Waals surface area contributed by atoms with Gasteiger partial charge >= 0.3 is 5.97 Å². The molecule has 5 nitrogen and oxygen atoms in total. The summed E-state index contributed by atoms with van der Waals surface area (Å²) >= 11 is 0. The van der Waals surface area contributed by atoms with Crippen LogP contribution in [0.15, 0.2) is 42.5 Å². The van der Waals surface area contributed by atoms with E-state index in [1.165, 1.54) is 19.1 Å². The molecule has 0 spiro atoms. The Labute approximate surface area is 135 Å². The van der Waals surface area contributed by atoms with Crippen LogP contribution in [0.2, 0.25) is 0 Å². The topological polar surface area (TPSA) is 63.7 Å². The van der Waals surface area contributed by atoms with Crippen molar-refractivity contribution in [2.24, 2.45) is 0 Å². The highest BCUT2D eigenvalue weighted by molar-refractivity contribution is 6.20. The van der Waals surface area contributed by atoms with E-state index in [9.17, 15) is 23.2 Å². The molecule has 0 saturated carbocycles. The molecule has 2 amide bonds. The Kier molecular flexibility index (Phi) is 3.84. The van der Waals surface area contributed by atoms with Gasteiger partial charge in [0.1, 0.15) is 11.6 Å². The molecule has 1 aliphatic rings. The van der Waals surface area contributed by atoms with Crippen molar-refractivity contribution < 1.29 is 28.0 Å². The van der Waals surface area contributed by atoms with Crippen LogP contribution in [0.1, 0.15) is 39.1 Å². The minimum absolute atomic E-state index is 0.0972. The summed E-state index contributed by atoms with van der Waals surface area (Å²) in [7, 11) is 0. The number of fused-ring (bicyclic) bond motifs is 1. The second-order valence-corrected chi connectivity index (χ2v) is 5.22. The standard InChI is InChI=1S/C17H11F2NO4/c1-9(14-12(18)7-4-8-13(14)19)17(23)24-20-15(21)10-5-2-3-6-11(10)16(20)22/h2-9H,1H3. The second kappa shape index (κ2) is 5.84. The predicted molar refractivity (Wildman–Crippen MR) is 77.8 cm³/mol. The Bertz CT molecular complexity index is 810. The molecule has 0 N–H and O–H groups in total. The molecule has 0 aliphatic carbocycles. The molecule has 0 aromatic heterocycles. The molecule has 1 heterocycles. The van der Waals surface area contributed by atoms with Crippen molar-refractivity contribution >= 4 is 17.8 Å².